The summed E-state index contributed by atoms with van der Waals surface area (Å²) in [5.41, 5.74) is 1.30. The molecule has 0 fully saturated rings. The molecule has 1 heterocycles. The molecular formula is C22H42N2. The molecule has 0 spiro atoms. The maximum atomic E-state index is 4.48. The van der Waals surface area contributed by atoms with E-state index in [9.17, 15) is 0 Å². The first-order valence-corrected chi connectivity index (χ1v) is 10.9. The van der Waals surface area contributed by atoms with E-state index in [-0.39, 0.29) is 0 Å². The Bertz CT molecular complexity index is 370. The predicted octanol–water partition coefficient (Wildman–Crippen LogP) is 7.39. The zero-order valence-electron chi connectivity index (χ0n) is 16.5. The summed E-state index contributed by atoms with van der Waals surface area (Å²) in [5.74, 6) is 1.19. The van der Waals surface area contributed by atoms with Gasteiger partial charge in [-0.15, -0.1) is 0 Å². The van der Waals surface area contributed by atoms with Gasteiger partial charge in [-0.05, 0) is 12.8 Å². The zero-order valence-corrected chi connectivity index (χ0v) is 16.5. The van der Waals surface area contributed by atoms with Gasteiger partial charge in [0.15, 0.2) is 0 Å². The summed E-state index contributed by atoms with van der Waals surface area (Å²) >= 11 is 0. The van der Waals surface area contributed by atoms with E-state index in [2.05, 4.69) is 23.8 Å². The van der Waals surface area contributed by atoms with Gasteiger partial charge >= 0.3 is 0 Å². The highest BCUT2D eigenvalue weighted by molar-refractivity contribution is 5.01. The SMILES string of the molecule is CCCCCCCCCCCCCCCCc1ncc(CCC)[nH]1. The molecule has 1 aromatic rings. The minimum Gasteiger partial charge on any atom is -0.346 e. The molecule has 0 aliphatic rings. The second-order valence-corrected chi connectivity index (χ2v) is 7.45. The van der Waals surface area contributed by atoms with Crippen molar-refractivity contribution in [1.82, 2.24) is 9.97 Å². The van der Waals surface area contributed by atoms with Crippen LogP contribution in [0.3, 0.4) is 0 Å². The molecule has 0 bridgehead atoms. The van der Waals surface area contributed by atoms with Crippen molar-refractivity contribution in [3.63, 3.8) is 0 Å². The van der Waals surface area contributed by atoms with E-state index in [0.717, 1.165) is 12.8 Å². The number of imidazole rings is 1. The highest BCUT2D eigenvalue weighted by Crippen LogP contribution is 2.13. The van der Waals surface area contributed by atoms with E-state index < -0.39 is 0 Å². The molecule has 24 heavy (non-hydrogen) atoms. The molecule has 0 unspecified atom stereocenters. The number of H-pyrrole nitrogens is 1. The minimum atomic E-state index is 1.13. The summed E-state index contributed by atoms with van der Waals surface area (Å²) in [5, 5.41) is 0. The van der Waals surface area contributed by atoms with Gasteiger partial charge in [0.2, 0.25) is 0 Å². The molecule has 2 heteroatoms. The summed E-state index contributed by atoms with van der Waals surface area (Å²) in [7, 11) is 0. The Morgan fingerprint density at radius 1 is 0.625 bits per heavy atom. The molecule has 0 amide bonds. The first-order chi connectivity index (χ1) is 11.9. The fraction of sp³-hybridized carbons (Fsp3) is 0.864. The third kappa shape index (κ3) is 11.7. The molecule has 1 rings (SSSR count). The van der Waals surface area contributed by atoms with Crippen LogP contribution in [-0.4, -0.2) is 9.97 Å². The number of aromatic amines is 1. The second-order valence-electron chi connectivity index (χ2n) is 7.45. The normalized spacial score (nSPS) is 11.2. The molecule has 1 aromatic heterocycles. The number of rotatable bonds is 17. The fourth-order valence-corrected chi connectivity index (χ4v) is 3.42. The van der Waals surface area contributed by atoms with Crippen LogP contribution in [0, 0.1) is 0 Å². The third-order valence-electron chi connectivity index (χ3n) is 4.97. The zero-order chi connectivity index (χ0) is 17.3. The number of hydrogen-bond acceptors (Lipinski definition) is 1. The Morgan fingerprint density at radius 2 is 1.12 bits per heavy atom. The summed E-state index contributed by atoms with van der Waals surface area (Å²) in [6.07, 6.45) is 25.4. The van der Waals surface area contributed by atoms with Gasteiger partial charge in [0.1, 0.15) is 5.82 Å². The average molecular weight is 335 g/mol. The molecule has 0 aliphatic carbocycles. The summed E-state index contributed by atoms with van der Waals surface area (Å²) in [4.78, 5) is 7.93. The van der Waals surface area contributed by atoms with Crippen molar-refractivity contribution in [2.75, 3.05) is 0 Å². The van der Waals surface area contributed by atoms with Gasteiger partial charge in [-0.1, -0.05) is 104 Å². The highest BCUT2D eigenvalue weighted by Gasteiger charge is 2.00. The maximum absolute atomic E-state index is 4.48. The molecule has 140 valence electrons. The smallest absolute Gasteiger partial charge is 0.106 e. The van der Waals surface area contributed by atoms with Crippen LogP contribution in [0.1, 0.15) is 122 Å². The molecule has 0 aliphatic heterocycles. The van der Waals surface area contributed by atoms with Crippen LogP contribution < -0.4 is 0 Å². The van der Waals surface area contributed by atoms with Gasteiger partial charge in [0, 0.05) is 18.3 Å². The number of hydrogen-bond donors (Lipinski definition) is 1. The highest BCUT2D eigenvalue weighted by atomic mass is 14.9. The number of unbranched alkanes of at least 4 members (excludes halogenated alkanes) is 13. The molecule has 0 radical (unpaired) electrons. The van der Waals surface area contributed by atoms with E-state index in [0.29, 0.717) is 0 Å². The first-order valence-electron chi connectivity index (χ1n) is 10.9. The van der Waals surface area contributed by atoms with Crippen molar-refractivity contribution in [2.24, 2.45) is 0 Å². The Kier molecular flexibility index (Phi) is 13.9. The van der Waals surface area contributed by atoms with Crippen LogP contribution in [0.2, 0.25) is 0 Å². The molecule has 0 aromatic carbocycles. The molecule has 1 N–H and O–H groups in total. The number of aryl methyl sites for hydroxylation is 2. The Morgan fingerprint density at radius 3 is 1.62 bits per heavy atom. The Hall–Kier alpha value is -0.790. The standard InChI is InChI=1S/C22H42N2/c1-3-5-6-7-8-9-10-11-12-13-14-15-16-17-19-22-23-20-21(24-22)18-4-2/h20H,3-19H2,1-2H3,(H,23,24). The molecule has 2 nitrogen and oxygen atoms in total. The van der Waals surface area contributed by atoms with Gasteiger partial charge < -0.3 is 4.98 Å². The van der Waals surface area contributed by atoms with E-state index in [4.69, 9.17) is 0 Å². The fourth-order valence-electron chi connectivity index (χ4n) is 3.42. The van der Waals surface area contributed by atoms with Crippen LogP contribution in [0.15, 0.2) is 6.20 Å². The summed E-state index contributed by atoms with van der Waals surface area (Å²) in [6, 6.07) is 0. The topological polar surface area (TPSA) is 28.7 Å². The average Bonchev–Trinajstić information content (AvgIpc) is 3.03. The van der Waals surface area contributed by atoms with Crippen LogP contribution >= 0.6 is 0 Å². The number of nitrogens with zero attached hydrogens (tertiary/aromatic N) is 1. The van der Waals surface area contributed by atoms with Gasteiger partial charge in [-0.2, -0.15) is 0 Å². The van der Waals surface area contributed by atoms with E-state index >= 15 is 0 Å². The number of nitrogens with one attached hydrogen (secondary N) is 1. The Balaban J connectivity index is 1.79. The summed E-state index contributed by atoms with van der Waals surface area (Å²) in [6.45, 7) is 4.51. The lowest BCUT2D eigenvalue weighted by Gasteiger charge is -2.03. The van der Waals surface area contributed by atoms with Crippen LogP contribution in [0.5, 0.6) is 0 Å². The lowest BCUT2D eigenvalue weighted by Crippen LogP contribution is -1.90. The van der Waals surface area contributed by atoms with Gasteiger partial charge in [0.25, 0.3) is 0 Å². The van der Waals surface area contributed by atoms with Crippen molar-refractivity contribution < 1.29 is 0 Å². The first kappa shape index (κ1) is 21.3. The Labute approximate surface area is 151 Å². The van der Waals surface area contributed by atoms with Crippen molar-refractivity contribution in [3.05, 3.63) is 17.7 Å². The molecular weight excluding hydrogens is 292 g/mol. The second kappa shape index (κ2) is 15.7. The van der Waals surface area contributed by atoms with E-state index in [1.807, 2.05) is 6.20 Å². The van der Waals surface area contributed by atoms with Crippen LogP contribution in [-0.2, 0) is 12.8 Å². The van der Waals surface area contributed by atoms with Gasteiger partial charge in [0.05, 0.1) is 0 Å². The van der Waals surface area contributed by atoms with Crippen molar-refractivity contribution in [1.29, 1.82) is 0 Å². The van der Waals surface area contributed by atoms with Gasteiger partial charge in [-0.25, -0.2) is 4.98 Å². The molecule has 0 atom stereocenters. The largest absolute Gasteiger partial charge is 0.346 e. The lowest BCUT2D eigenvalue weighted by atomic mass is 10.0. The molecule has 0 saturated heterocycles. The van der Waals surface area contributed by atoms with Crippen LogP contribution in [0.4, 0.5) is 0 Å². The van der Waals surface area contributed by atoms with Crippen molar-refractivity contribution in [3.8, 4) is 0 Å². The van der Waals surface area contributed by atoms with Gasteiger partial charge in [-0.3, -0.25) is 0 Å². The van der Waals surface area contributed by atoms with Crippen molar-refractivity contribution in [2.45, 2.75) is 123 Å². The minimum absolute atomic E-state index is 1.13. The predicted molar refractivity (Wildman–Crippen MR) is 107 cm³/mol. The lowest BCUT2D eigenvalue weighted by molar-refractivity contribution is 0.534. The third-order valence-corrected chi connectivity index (χ3v) is 4.97. The summed E-state index contributed by atoms with van der Waals surface area (Å²) < 4.78 is 0. The molecule has 0 saturated carbocycles. The van der Waals surface area contributed by atoms with Crippen LogP contribution in [0.25, 0.3) is 0 Å². The van der Waals surface area contributed by atoms with E-state index in [1.54, 1.807) is 0 Å². The monoisotopic (exact) mass is 334 g/mol. The van der Waals surface area contributed by atoms with Crippen molar-refractivity contribution >= 4 is 0 Å². The number of aromatic nitrogens is 2. The van der Waals surface area contributed by atoms with E-state index in [1.165, 1.54) is 108 Å². The quantitative estimate of drug-likeness (QED) is 0.296. The maximum Gasteiger partial charge on any atom is 0.106 e.